The van der Waals surface area contributed by atoms with Crippen molar-refractivity contribution in [1.82, 2.24) is 0 Å². The van der Waals surface area contributed by atoms with E-state index in [1.165, 1.54) is 44.2 Å². The van der Waals surface area contributed by atoms with Crippen LogP contribution in [0.4, 0.5) is 34.1 Å². The Morgan fingerprint density at radius 2 is 0.922 bits per heavy atom. The molecule has 5 aromatic rings. The van der Waals surface area contributed by atoms with Crippen molar-refractivity contribution in [3.8, 4) is 0 Å². The molecule has 4 amide bonds. The Morgan fingerprint density at radius 3 is 1.30 bits per heavy atom. The minimum absolute atomic E-state index is 0.0395. The van der Waals surface area contributed by atoms with Gasteiger partial charge in [-0.15, -0.1) is 23.2 Å². The quantitative estimate of drug-likeness (QED) is 0.0382. The number of ketones is 2. The molecular formula is C46H42Cl4N8O6. The van der Waals surface area contributed by atoms with Crippen LogP contribution in [0.2, 0.25) is 10.0 Å². The zero-order valence-corrected chi connectivity index (χ0v) is 38.0. The van der Waals surface area contributed by atoms with Gasteiger partial charge in [0, 0.05) is 34.5 Å². The Kier molecular flexibility index (Phi) is 17.4. The summed E-state index contributed by atoms with van der Waals surface area (Å²) in [5.74, 6) is -2.90. The summed E-state index contributed by atoms with van der Waals surface area (Å²) in [6, 6.07) is 23.4. The van der Waals surface area contributed by atoms with Crippen molar-refractivity contribution in [2.45, 2.75) is 52.6 Å². The topological polar surface area (TPSA) is 200 Å². The van der Waals surface area contributed by atoms with Gasteiger partial charge in [0.05, 0.1) is 21.2 Å². The second-order valence-corrected chi connectivity index (χ2v) is 15.9. The zero-order valence-electron chi connectivity index (χ0n) is 35.0. The van der Waals surface area contributed by atoms with E-state index in [2.05, 4.69) is 41.7 Å². The maximum Gasteiger partial charge on any atom is 0.258 e. The second kappa shape index (κ2) is 22.9. The van der Waals surface area contributed by atoms with E-state index in [1.54, 1.807) is 56.3 Å². The highest BCUT2D eigenvalue weighted by Gasteiger charge is 2.27. The fourth-order valence-corrected chi connectivity index (χ4v) is 7.12. The minimum Gasteiger partial charge on any atom is -0.324 e. The van der Waals surface area contributed by atoms with Gasteiger partial charge in [0.2, 0.25) is 12.1 Å². The number of anilines is 4. The summed E-state index contributed by atoms with van der Waals surface area (Å²) in [7, 11) is 0. The number of carbonyl (C=O) groups excluding carboxylic acids is 6. The molecule has 5 aromatic carbocycles. The number of halogens is 4. The van der Waals surface area contributed by atoms with Crippen LogP contribution in [0.25, 0.3) is 0 Å². The third kappa shape index (κ3) is 12.9. The Morgan fingerprint density at radius 1 is 0.531 bits per heavy atom. The molecule has 2 atom stereocenters. The lowest BCUT2D eigenvalue weighted by atomic mass is 10.1. The fourth-order valence-electron chi connectivity index (χ4n) is 6.18. The van der Waals surface area contributed by atoms with Crippen molar-refractivity contribution < 1.29 is 28.8 Å². The van der Waals surface area contributed by atoms with E-state index in [0.717, 1.165) is 11.1 Å². The van der Waals surface area contributed by atoms with Gasteiger partial charge >= 0.3 is 0 Å². The van der Waals surface area contributed by atoms with E-state index in [9.17, 15) is 28.8 Å². The number of benzene rings is 5. The number of hydrogen-bond donors (Lipinski definition) is 4. The number of nitrogens with one attached hydrogen (secondary N) is 4. The highest BCUT2D eigenvalue weighted by atomic mass is 35.5. The molecule has 0 aliphatic heterocycles. The standard InChI is InChI=1S/C46H42Cl4N8O6/c1-25-23-33(53-45(63)41(27(3)59)57-55-36-9-5-7-34(38(36)49)43(61)51-31-15-11-29(12-16-31)19-21-47)24-26(2)40(25)54-46(64)42(28(4)60)58-56-37-10-6-8-35(39(37)50)44(62)52-32-17-13-30(14-18-32)20-22-48/h5-18,23-24,41-42H,19-22H2,1-4H3,(H,51,61)(H,52,62)(H,53,63)(H,54,64). The number of amides is 4. The smallest absolute Gasteiger partial charge is 0.258 e. The molecule has 5 rings (SSSR count). The molecule has 0 radical (unpaired) electrons. The minimum atomic E-state index is -1.58. The van der Waals surface area contributed by atoms with E-state index in [-0.39, 0.29) is 38.2 Å². The maximum atomic E-state index is 13.5. The van der Waals surface area contributed by atoms with Crippen LogP contribution < -0.4 is 21.3 Å². The van der Waals surface area contributed by atoms with Crippen LogP contribution in [-0.2, 0) is 32.0 Å². The average molecular weight is 945 g/mol. The molecule has 2 unspecified atom stereocenters. The van der Waals surface area contributed by atoms with Gasteiger partial charge in [-0.25, -0.2) is 0 Å². The molecule has 0 aliphatic carbocycles. The summed E-state index contributed by atoms with van der Waals surface area (Å²) in [5.41, 5.74) is 5.02. The molecule has 64 heavy (non-hydrogen) atoms. The number of Topliss-reactive ketones (excluding diaryl/α,β-unsaturated/α-hetero) is 2. The SMILES string of the molecule is CC(=O)C(N=Nc1cccc(C(=O)Nc2ccc(CCCl)cc2)c1Cl)C(=O)Nc1cc(C)c(NC(=O)C(N=Nc2cccc(C(=O)Nc3ccc(CCCl)cc3)c2Cl)C(C)=O)c(C)c1. The van der Waals surface area contributed by atoms with E-state index in [0.29, 0.717) is 52.8 Å². The maximum absolute atomic E-state index is 13.5. The third-order valence-corrected chi connectivity index (χ3v) is 10.7. The zero-order chi connectivity index (χ0) is 46.5. The number of carbonyl (C=O) groups is 6. The lowest BCUT2D eigenvalue weighted by molar-refractivity contribution is -0.127. The number of azo groups is 2. The number of nitrogens with zero attached hydrogens (tertiary/aromatic N) is 4. The summed E-state index contributed by atoms with van der Waals surface area (Å²) in [6.45, 7) is 5.69. The van der Waals surface area contributed by atoms with Gasteiger partial charge in [0.25, 0.3) is 23.6 Å². The molecule has 330 valence electrons. The molecule has 0 bridgehead atoms. The molecular weight excluding hydrogens is 902 g/mol. The Balaban J connectivity index is 1.24. The summed E-state index contributed by atoms with van der Waals surface area (Å²) in [6.07, 6.45) is 1.37. The van der Waals surface area contributed by atoms with Gasteiger partial charge in [0.15, 0.2) is 11.6 Å². The lowest BCUT2D eigenvalue weighted by Gasteiger charge is -2.17. The van der Waals surface area contributed by atoms with Crippen LogP contribution >= 0.6 is 46.4 Å². The monoisotopic (exact) mass is 942 g/mol. The predicted octanol–water partition coefficient (Wildman–Crippen LogP) is 11.0. The molecule has 0 saturated heterocycles. The first-order valence-corrected chi connectivity index (χ1v) is 21.5. The molecule has 0 aromatic heterocycles. The van der Waals surface area contributed by atoms with Crippen molar-refractivity contribution in [1.29, 1.82) is 0 Å². The van der Waals surface area contributed by atoms with E-state index in [4.69, 9.17) is 46.4 Å². The molecule has 18 heteroatoms. The van der Waals surface area contributed by atoms with Crippen molar-refractivity contribution in [3.05, 3.63) is 140 Å². The largest absolute Gasteiger partial charge is 0.324 e. The second-order valence-electron chi connectivity index (χ2n) is 14.4. The Hall–Kier alpha value is -6.32. The van der Waals surface area contributed by atoms with Gasteiger partial charge in [0.1, 0.15) is 11.4 Å². The van der Waals surface area contributed by atoms with Gasteiger partial charge in [-0.1, -0.05) is 59.6 Å². The van der Waals surface area contributed by atoms with E-state index in [1.807, 2.05) is 24.3 Å². The van der Waals surface area contributed by atoms with Crippen molar-refractivity contribution in [2.24, 2.45) is 20.5 Å². The molecule has 0 heterocycles. The van der Waals surface area contributed by atoms with Crippen LogP contribution in [0.3, 0.4) is 0 Å². The average Bonchev–Trinajstić information content (AvgIpc) is 3.24. The van der Waals surface area contributed by atoms with Crippen LogP contribution in [0.15, 0.2) is 118 Å². The van der Waals surface area contributed by atoms with E-state index >= 15 is 0 Å². The van der Waals surface area contributed by atoms with Gasteiger partial charge in [-0.2, -0.15) is 20.5 Å². The first-order valence-electron chi connectivity index (χ1n) is 19.6. The normalized spacial score (nSPS) is 12.1. The van der Waals surface area contributed by atoms with Crippen LogP contribution in [0.1, 0.15) is 56.8 Å². The van der Waals surface area contributed by atoms with Crippen molar-refractivity contribution >= 4 is 116 Å². The fraction of sp³-hybridized carbons (Fsp3) is 0.217. The highest BCUT2D eigenvalue weighted by molar-refractivity contribution is 6.37. The van der Waals surface area contributed by atoms with Gasteiger partial charge < -0.3 is 21.3 Å². The summed E-state index contributed by atoms with van der Waals surface area (Å²) in [5, 5.41) is 26.9. The van der Waals surface area contributed by atoms with Crippen molar-refractivity contribution in [3.63, 3.8) is 0 Å². The summed E-state index contributed by atoms with van der Waals surface area (Å²) < 4.78 is 0. The highest BCUT2D eigenvalue weighted by Crippen LogP contribution is 2.32. The number of alkyl halides is 2. The summed E-state index contributed by atoms with van der Waals surface area (Å²) in [4.78, 5) is 78.3. The molecule has 0 fully saturated rings. The van der Waals surface area contributed by atoms with Crippen LogP contribution in [-0.4, -0.2) is 59.0 Å². The molecule has 0 saturated carbocycles. The lowest BCUT2D eigenvalue weighted by Crippen LogP contribution is -2.33. The van der Waals surface area contributed by atoms with Gasteiger partial charge in [-0.05, 0) is 123 Å². The van der Waals surface area contributed by atoms with Gasteiger partial charge in [-0.3, -0.25) is 28.8 Å². The Bertz CT molecular complexity index is 2620. The molecule has 4 N–H and O–H groups in total. The molecule has 0 aliphatic rings. The number of aryl methyl sites for hydroxylation is 4. The third-order valence-electron chi connectivity index (χ3n) is 9.51. The van der Waals surface area contributed by atoms with Crippen molar-refractivity contribution in [2.75, 3.05) is 33.0 Å². The first kappa shape index (κ1) is 48.7. The number of rotatable bonds is 18. The predicted molar refractivity (Wildman–Crippen MR) is 252 cm³/mol. The first-order chi connectivity index (χ1) is 30.6. The molecule has 14 nitrogen and oxygen atoms in total. The molecule has 0 spiro atoms. The van der Waals surface area contributed by atoms with E-state index < -0.39 is 47.3 Å². The van der Waals surface area contributed by atoms with Crippen LogP contribution in [0.5, 0.6) is 0 Å². The number of hydrogen-bond acceptors (Lipinski definition) is 10. The van der Waals surface area contributed by atoms with Crippen LogP contribution in [0, 0.1) is 13.8 Å². The summed E-state index contributed by atoms with van der Waals surface area (Å²) >= 11 is 24.7. The Labute approximate surface area is 389 Å².